The number of likely N-dealkylation sites (N-methyl/N-ethyl adjacent to an activating group) is 1. The zero-order valence-corrected chi connectivity index (χ0v) is 10.7. The van der Waals surface area contributed by atoms with Gasteiger partial charge < -0.3 is 19.4 Å². The molecule has 0 aliphatic carbocycles. The number of amides is 1. The fourth-order valence-electron chi connectivity index (χ4n) is 1.41. The van der Waals surface area contributed by atoms with Gasteiger partial charge in [-0.1, -0.05) is 5.16 Å². The van der Waals surface area contributed by atoms with E-state index in [1.807, 2.05) is 19.0 Å². The lowest BCUT2D eigenvalue weighted by Crippen LogP contribution is -2.40. The molecule has 0 aliphatic heterocycles. The third-order valence-electron chi connectivity index (χ3n) is 2.41. The van der Waals surface area contributed by atoms with Gasteiger partial charge in [-0.05, 0) is 21.0 Å². The van der Waals surface area contributed by atoms with Crippen molar-refractivity contribution in [1.82, 2.24) is 15.0 Å². The Bertz CT molecular complexity index is 428. The van der Waals surface area contributed by atoms with Crippen molar-refractivity contribution in [1.29, 1.82) is 0 Å². The molecule has 1 rings (SSSR count). The SMILES string of the molecule is Cc1oncc1C(=O)N(CCN(C)C)CC(=O)O. The van der Waals surface area contributed by atoms with E-state index >= 15 is 0 Å². The number of carbonyl (C=O) groups excluding carboxylic acids is 1. The smallest absolute Gasteiger partial charge is 0.323 e. The summed E-state index contributed by atoms with van der Waals surface area (Å²) in [6, 6.07) is 0. The number of aromatic nitrogens is 1. The van der Waals surface area contributed by atoms with Crippen LogP contribution in [0.2, 0.25) is 0 Å². The Kier molecular flexibility index (Phi) is 4.85. The van der Waals surface area contributed by atoms with Gasteiger partial charge in [-0.2, -0.15) is 0 Å². The molecule has 7 nitrogen and oxygen atoms in total. The van der Waals surface area contributed by atoms with Crippen molar-refractivity contribution in [3.05, 3.63) is 17.5 Å². The molecular formula is C11H17N3O4. The zero-order chi connectivity index (χ0) is 13.7. The van der Waals surface area contributed by atoms with E-state index in [-0.39, 0.29) is 12.5 Å². The van der Waals surface area contributed by atoms with Gasteiger partial charge in [0.25, 0.3) is 5.91 Å². The second-order valence-corrected chi connectivity index (χ2v) is 4.22. The number of nitrogens with zero attached hydrogens (tertiary/aromatic N) is 3. The highest BCUT2D eigenvalue weighted by atomic mass is 16.5. The van der Waals surface area contributed by atoms with Crippen LogP contribution >= 0.6 is 0 Å². The summed E-state index contributed by atoms with van der Waals surface area (Å²) < 4.78 is 4.81. The predicted octanol–water partition coefficient (Wildman–Crippen LogP) is 0.0714. The summed E-state index contributed by atoms with van der Waals surface area (Å²) in [5.74, 6) is -1.03. The largest absolute Gasteiger partial charge is 0.480 e. The van der Waals surface area contributed by atoms with Crippen LogP contribution in [0.5, 0.6) is 0 Å². The first-order chi connectivity index (χ1) is 8.41. The molecule has 1 amide bonds. The Balaban J connectivity index is 2.79. The molecule has 0 unspecified atom stereocenters. The molecule has 0 saturated carbocycles. The van der Waals surface area contributed by atoms with Gasteiger partial charge in [0.1, 0.15) is 17.9 Å². The van der Waals surface area contributed by atoms with Gasteiger partial charge in [-0.25, -0.2) is 0 Å². The summed E-state index contributed by atoms with van der Waals surface area (Å²) in [4.78, 5) is 26.0. The van der Waals surface area contributed by atoms with Gasteiger partial charge in [0.05, 0.1) is 6.20 Å². The molecule has 1 heterocycles. The Morgan fingerprint density at radius 3 is 2.50 bits per heavy atom. The molecule has 0 atom stereocenters. The van der Waals surface area contributed by atoms with Crippen molar-refractivity contribution < 1.29 is 19.2 Å². The van der Waals surface area contributed by atoms with Crippen molar-refractivity contribution >= 4 is 11.9 Å². The quantitative estimate of drug-likeness (QED) is 0.774. The number of carboxylic acid groups (broad SMARTS) is 1. The van der Waals surface area contributed by atoms with Crippen molar-refractivity contribution in [3.8, 4) is 0 Å². The van der Waals surface area contributed by atoms with E-state index in [1.165, 1.54) is 11.1 Å². The molecule has 0 saturated heterocycles. The number of carboxylic acids is 1. The van der Waals surface area contributed by atoms with E-state index < -0.39 is 5.97 Å². The van der Waals surface area contributed by atoms with Gasteiger partial charge in [0, 0.05) is 13.1 Å². The first-order valence-electron chi connectivity index (χ1n) is 5.49. The summed E-state index contributed by atoms with van der Waals surface area (Å²) >= 11 is 0. The highest BCUT2D eigenvalue weighted by Crippen LogP contribution is 2.09. The van der Waals surface area contributed by atoms with Crippen LogP contribution in [0.3, 0.4) is 0 Å². The van der Waals surface area contributed by atoms with Gasteiger partial charge in [-0.15, -0.1) is 0 Å². The highest BCUT2D eigenvalue weighted by Gasteiger charge is 2.22. The number of aliphatic carboxylic acids is 1. The minimum absolute atomic E-state index is 0.301. The topological polar surface area (TPSA) is 86.9 Å². The Morgan fingerprint density at radius 1 is 1.39 bits per heavy atom. The molecule has 0 spiro atoms. The fourth-order valence-corrected chi connectivity index (χ4v) is 1.41. The molecular weight excluding hydrogens is 238 g/mol. The number of aryl methyl sites for hydroxylation is 1. The second kappa shape index (κ2) is 6.15. The maximum Gasteiger partial charge on any atom is 0.323 e. The lowest BCUT2D eigenvalue weighted by atomic mass is 10.2. The van der Waals surface area contributed by atoms with Crippen LogP contribution in [0.4, 0.5) is 0 Å². The average Bonchev–Trinajstić information content (AvgIpc) is 2.69. The van der Waals surface area contributed by atoms with Crippen LogP contribution in [0, 0.1) is 6.92 Å². The Labute approximate surface area is 105 Å². The molecule has 0 fully saturated rings. The molecule has 1 aromatic rings. The molecule has 0 bridgehead atoms. The van der Waals surface area contributed by atoms with E-state index in [9.17, 15) is 9.59 Å². The minimum Gasteiger partial charge on any atom is -0.480 e. The average molecular weight is 255 g/mol. The number of carbonyl (C=O) groups is 2. The third kappa shape index (κ3) is 3.85. The molecule has 18 heavy (non-hydrogen) atoms. The number of rotatable bonds is 6. The molecule has 0 aliphatic rings. The maximum atomic E-state index is 12.1. The van der Waals surface area contributed by atoms with Crippen LogP contribution in [0.1, 0.15) is 16.1 Å². The summed E-state index contributed by atoms with van der Waals surface area (Å²) in [6.45, 7) is 2.20. The lowest BCUT2D eigenvalue weighted by Gasteiger charge is -2.22. The number of hydrogen-bond acceptors (Lipinski definition) is 5. The van der Waals surface area contributed by atoms with Gasteiger partial charge in [-0.3, -0.25) is 9.59 Å². The first-order valence-corrected chi connectivity index (χ1v) is 5.49. The fraction of sp³-hybridized carbons (Fsp3) is 0.545. The van der Waals surface area contributed by atoms with Crippen molar-refractivity contribution in [2.75, 3.05) is 33.7 Å². The molecule has 7 heteroatoms. The van der Waals surface area contributed by atoms with E-state index in [4.69, 9.17) is 9.63 Å². The van der Waals surface area contributed by atoms with Crippen molar-refractivity contribution in [2.24, 2.45) is 0 Å². The Hall–Kier alpha value is -1.89. The van der Waals surface area contributed by atoms with Gasteiger partial charge in [0.2, 0.25) is 0 Å². The maximum absolute atomic E-state index is 12.1. The summed E-state index contributed by atoms with van der Waals surface area (Å²) in [5, 5.41) is 12.3. The first kappa shape index (κ1) is 14.2. The molecule has 1 N–H and O–H groups in total. The summed E-state index contributed by atoms with van der Waals surface area (Å²) in [5.41, 5.74) is 0.301. The normalized spacial score (nSPS) is 10.7. The molecule has 0 aromatic carbocycles. The molecule has 1 aromatic heterocycles. The monoisotopic (exact) mass is 255 g/mol. The summed E-state index contributed by atoms with van der Waals surface area (Å²) in [7, 11) is 3.71. The minimum atomic E-state index is -1.05. The Morgan fingerprint density at radius 2 is 2.06 bits per heavy atom. The van der Waals surface area contributed by atoms with E-state index in [0.717, 1.165) is 0 Å². The lowest BCUT2D eigenvalue weighted by molar-refractivity contribution is -0.137. The third-order valence-corrected chi connectivity index (χ3v) is 2.41. The highest BCUT2D eigenvalue weighted by molar-refractivity contribution is 5.96. The van der Waals surface area contributed by atoms with Crippen LogP contribution in [-0.4, -0.2) is 65.7 Å². The van der Waals surface area contributed by atoms with Gasteiger partial charge >= 0.3 is 5.97 Å². The van der Waals surface area contributed by atoms with Crippen LogP contribution in [0.15, 0.2) is 10.7 Å². The molecule has 100 valence electrons. The second-order valence-electron chi connectivity index (χ2n) is 4.22. The predicted molar refractivity (Wildman–Crippen MR) is 63.3 cm³/mol. The van der Waals surface area contributed by atoms with Crippen LogP contribution in [-0.2, 0) is 4.79 Å². The van der Waals surface area contributed by atoms with Gasteiger partial charge in [0.15, 0.2) is 0 Å². The summed E-state index contributed by atoms with van der Waals surface area (Å²) in [6.07, 6.45) is 1.31. The van der Waals surface area contributed by atoms with E-state index in [0.29, 0.717) is 24.4 Å². The van der Waals surface area contributed by atoms with Crippen LogP contribution in [0.25, 0.3) is 0 Å². The zero-order valence-electron chi connectivity index (χ0n) is 10.7. The molecule has 0 radical (unpaired) electrons. The van der Waals surface area contributed by atoms with Crippen LogP contribution < -0.4 is 0 Å². The van der Waals surface area contributed by atoms with E-state index in [1.54, 1.807) is 6.92 Å². The number of hydrogen-bond donors (Lipinski definition) is 1. The van der Waals surface area contributed by atoms with E-state index in [2.05, 4.69) is 5.16 Å². The van der Waals surface area contributed by atoms with Crippen molar-refractivity contribution in [3.63, 3.8) is 0 Å². The van der Waals surface area contributed by atoms with Crippen molar-refractivity contribution in [2.45, 2.75) is 6.92 Å². The standard InChI is InChI=1S/C11H17N3O4/c1-8-9(6-12-18-8)11(17)14(7-10(15)16)5-4-13(2)3/h6H,4-5,7H2,1-3H3,(H,15,16).